The van der Waals surface area contributed by atoms with Gasteiger partial charge in [0.1, 0.15) is 5.82 Å². The summed E-state index contributed by atoms with van der Waals surface area (Å²) >= 11 is 4.33. The number of allylic oxidation sites excluding steroid dienone is 1. The predicted molar refractivity (Wildman–Crippen MR) is 95.3 cm³/mol. The molecule has 7 nitrogen and oxygen atoms in total. The maximum atomic E-state index is 12.0. The number of carbonyl (C=O) groups excluding carboxylic acids is 1. The summed E-state index contributed by atoms with van der Waals surface area (Å²) in [6.45, 7) is 8.44. The van der Waals surface area contributed by atoms with Crippen molar-refractivity contribution in [3.63, 3.8) is 0 Å². The summed E-state index contributed by atoms with van der Waals surface area (Å²) < 4.78 is 2.82. The van der Waals surface area contributed by atoms with Crippen LogP contribution in [0.4, 0.5) is 5.13 Å². The lowest BCUT2D eigenvalue weighted by Gasteiger charge is -2.05. The van der Waals surface area contributed by atoms with Crippen LogP contribution in [0.15, 0.2) is 22.2 Å². The third-order valence-electron chi connectivity index (χ3n) is 2.67. The number of thioether (sulfide) groups is 2. The van der Waals surface area contributed by atoms with Crippen molar-refractivity contribution in [2.75, 3.05) is 16.8 Å². The molecule has 0 saturated carbocycles. The van der Waals surface area contributed by atoms with E-state index in [0.29, 0.717) is 11.7 Å². The molecule has 124 valence electrons. The Labute approximate surface area is 147 Å². The van der Waals surface area contributed by atoms with Gasteiger partial charge in [0, 0.05) is 13.0 Å². The van der Waals surface area contributed by atoms with E-state index < -0.39 is 0 Å². The summed E-state index contributed by atoms with van der Waals surface area (Å²) in [6, 6.07) is 0. The topological polar surface area (TPSA) is 85.6 Å². The van der Waals surface area contributed by atoms with Crippen LogP contribution in [0.1, 0.15) is 19.7 Å². The van der Waals surface area contributed by atoms with E-state index >= 15 is 0 Å². The SMILES string of the molecule is C=CCn1c(CC)nnc1SCC(=O)Nc1nnc(SCC)s1. The predicted octanol–water partition coefficient (Wildman–Crippen LogP) is 2.72. The monoisotopic (exact) mass is 370 g/mol. The molecule has 2 heterocycles. The molecule has 10 heteroatoms. The second-order valence-electron chi connectivity index (χ2n) is 4.29. The molecule has 1 N–H and O–H groups in total. The van der Waals surface area contributed by atoms with Gasteiger partial charge >= 0.3 is 0 Å². The zero-order chi connectivity index (χ0) is 16.7. The van der Waals surface area contributed by atoms with Crippen LogP contribution in [0.5, 0.6) is 0 Å². The minimum atomic E-state index is -0.134. The van der Waals surface area contributed by atoms with Crippen molar-refractivity contribution >= 4 is 45.9 Å². The van der Waals surface area contributed by atoms with Gasteiger partial charge in [-0.05, 0) is 5.75 Å². The van der Waals surface area contributed by atoms with Crippen molar-refractivity contribution in [3.8, 4) is 0 Å². The molecule has 2 rings (SSSR count). The molecule has 0 atom stereocenters. The van der Waals surface area contributed by atoms with E-state index in [1.165, 1.54) is 23.1 Å². The molecule has 0 fully saturated rings. The van der Waals surface area contributed by atoms with Gasteiger partial charge in [-0.3, -0.25) is 10.1 Å². The zero-order valence-corrected chi connectivity index (χ0v) is 15.4. The quantitative estimate of drug-likeness (QED) is 0.412. The second-order valence-corrected chi connectivity index (χ2v) is 7.73. The third-order valence-corrected chi connectivity index (χ3v) is 5.50. The highest BCUT2D eigenvalue weighted by molar-refractivity contribution is 8.01. The van der Waals surface area contributed by atoms with E-state index in [4.69, 9.17) is 0 Å². The Morgan fingerprint density at radius 1 is 1.30 bits per heavy atom. The molecule has 0 aliphatic rings. The van der Waals surface area contributed by atoms with Gasteiger partial charge in [0.25, 0.3) is 0 Å². The fourth-order valence-electron chi connectivity index (χ4n) is 1.73. The van der Waals surface area contributed by atoms with E-state index in [-0.39, 0.29) is 11.7 Å². The first-order valence-electron chi connectivity index (χ1n) is 7.09. The van der Waals surface area contributed by atoms with Gasteiger partial charge in [0.2, 0.25) is 11.0 Å². The summed E-state index contributed by atoms with van der Waals surface area (Å²) in [5.41, 5.74) is 0. The van der Waals surface area contributed by atoms with Crippen LogP contribution >= 0.6 is 34.9 Å². The lowest BCUT2D eigenvalue weighted by atomic mass is 10.4. The number of hydrogen-bond donors (Lipinski definition) is 1. The van der Waals surface area contributed by atoms with Crippen molar-refractivity contribution in [1.82, 2.24) is 25.0 Å². The van der Waals surface area contributed by atoms with E-state index in [2.05, 4.69) is 32.3 Å². The lowest BCUT2D eigenvalue weighted by molar-refractivity contribution is -0.113. The minimum absolute atomic E-state index is 0.134. The van der Waals surface area contributed by atoms with Gasteiger partial charge in [-0.25, -0.2) is 0 Å². The molecule has 0 unspecified atom stereocenters. The summed E-state index contributed by atoms with van der Waals surface area (Å²) in [5.74, 6) is 1.93. The normalized spacial score (nSPS) is 10.7. The summed E-state index contributed by atoms with van der Waals surface area (Å²) in [5, 5.41) is 20.2. The molecule has 23 heavy (non-hydrogen) atoms. The number of nitrogens with zero attached hydrogens (tertiary/aromatic N) is 5. The average Bonchev–Trinajstić information content (AvgIpc) is 3.13. The fraction of sp³-hybridized carbons (Fsp3) is 0.462. The van der Waals surface area contributed by atoms with Gasteiger partial charge in [0.15, 0.2) is 9.50 Å². The Hall–Kier alpha value is -1.39. The van der Waals surface area contributed by atoms with Crippen LogP contribution < -0.4 is 5.32 Å². The first kappa shape index (κ1) is 18.0. The van der Waals surface area contributed by atoms with Crippen molar-refractivity contribution in [2.45, 2.75) is 36.3 Å². The zero-order valence-electron chi connectivity index (χ0n) is 13.0. The summed E-state index contributed by atoms with van der Waals surface area (Å²) in [7, 11) is 0. The van der Waals surface area contributed by atoms with E-state index in [1.807, 2.05) is 18.4 Å². The maximum Gasteiger partial charge on any atom is 0.236 e. The number of aryl methyl sites for hydroxylation is 1. The molecule has 0 radical (unpaired) electrons. The molecular weight excluding hydrogens is 352 g/mol. The molecule has 2 aromatic heterocycles. The minimum Gasteiger partial charge on any atom is -0.302 e. The van der Waals surface area contributed by atoms with Crippen molar-refractivity contribution in [3.05, 3.63) is 18.5 Å². The number of rotatable bonds is 9. The Kier molecular flexibility index (Phi) is 7.06. The summed E-state index contributed by atoms with van der Waals surface area (Å²) in [4.78, 5) is 12.0. The standard InChI is InChI=1S/C13H18N6OS3/c1-4-7-19-9(5-2)15-17-12(19)22-8-10(20)14-11-16-18-13(23-11)21-6-3/h4H,1,5-8H2,2-3H3,(H,14,16,20). The molecule has 1 amide bonds. The number of amides is 1. The van der Waals surface area contributed by atoms with Crippen LogP contribution in [0.3, 0.4) is 0 Å². The number of hydrogen-bond acceptors (Lipinski definition) is 8. The molecule has 0 aliphatic heterocycles. The molecule has 0 aliphatic carbocycles. The number of nitrogens with one attached hydrogen (secondary N) is 1. The van der Waals surface area contributed by atoms with Gasteiger partial charge in [-0.2, -0.15) is 0 Å². The Bertz CT molecular complexity index is 668. The molecule has 0 bridgehead atoms. The Balaban J connectivity index is 1.91. The number of anilines is 1. The van der Waals surface area contributed by atoms with Gasteiger partial charge < -0.3 is 4.57 Å². The highest BCUT2D eigenvalue weighted by atomic mass is 32.2. The van der Waals surface area contributed by atoms with Crippen LogP contribution in [-0.4, -0.2) is 42.4 Å². The highest BCUT2D eigenvalue weighted by Crippen LogP contribution is 2.25. The highest BCUT2D eigenvalue weighted by Gasteiger charge is 2.13. The molecule has 2 aromatic rings. The largest absolute Gasteiger partial charge is 0.302 e. The maximum absolute atomic E-state index is 12.0. The number of aromatic nitrogens is 5. The molecular formula is C13H18N6OS3. The van der Waals surface area contributed by atoms with Crippen LogP contribution in [-0.2, 0) is 17.8 Å². The molecule has 0 saturated heterocycles. The fourth-order valence-corrected chi connectivity index (χ4v) is 4.16. The lowest BCUT2D eigenvalue weighted by Crippen LogP contribution is -2.14. The van der Waals surface area contributed by atoms with E-state index in [1.54, 1.807) is 17.8 Å². The second kappa shape index (κ2) is 9.04. The Morgan fingerprint density at radius 3 is 2.83 bits per heavy atom. The van der Waals surface area contributed by atoms with Gasteiger partial charge in [-0.1, -0.05) is 54.8 Å². The van der Waals surface area contributed by atoms with E-state index in [9.17, 15) is 4.79 Å². The first-order chi connectivity index (χ1) is 11.2. The Morgan fingerprint density at radius 2 is 2.13 bits per heavy atom. The van der Waals surface area contributed by atoms with Crippen molar-refractivity contribution in [1.29, 1.82) is 0 Å². The summed E-state index contributed by atoms with van der Waals surface area (Å²) in [6.07, 6.45) is 2.58. The van der Waals surface area contributed by atoms with Gasteiger partial charge in [-0.15, -0.1) is 27.0 Å². The van der Waals surface area contributed by atoms with Crippen LogP contribution in [0.25, 0.3) is 0 Å². The van der Waals surface area contributed by atoms with Crippen LogP contribution in [0.2, 0.25) is 0 Å². The van der Waals surface area contributed by atoms with Gasteiger partial charge in [0.05, 0.1) is 5.75 Å². The smallest absolute Gasteiger partial charge is 0.236 e. The average molecular weight is 371 g/mol. The molecule has 0 aromatic carbocycles. The third kappa shape index (κ3) is 5.05. The van der Waals surface area contributed by atoms with Crippen LogP contribution in [0, 0.1) is 0 Å². The number of carbonyl (C=O) groups is 1. The van der Waals surface area contributed by atoms with E-state index in [0.717, 1.165) is 27.5 Å². The molecule has 0 spiro atoms. The van der Waals surface area contributed by atoms with Crippen molar-refractivity contribution < 1.29 is 4.79 Å². The first-order valence-corrected chi connectivity index (χ1v) is 9.88. The van der Waals surface area contributed by atoms with Crippen molar-refractivity contribution in [2.24, 2.45) is 0 Å².